The van der Waals surface area contributed by atoms with E-state index in [2.05, 4.69) is 16.9 Å². The van der Waals surface area contributed by atoms with E-state index in [1.54, 1.807) is 6.08 Å². The van der Waals surface area contributed by atoms with Gasteiger partial charge in [0.05, 0.1) is 13.7 Å². The summed E-state index contributed by atoms with van der Waals surface area (Å²) >= 11 is 0. The number of methoxy groups -OCH3 is 1. The number of hydrogen-bond donors (Lipinski definition) is 1. The van der Waals surface area contributed by atoms with Crippen molar-refractivity contribution in [3.8, 4) is 11.3 Å². The maximum Gasteiger partial charge on any atom is 0.360 e. The van der Waals surface area contributed by atoms with Crippen molar-refractivity contribution >= 4 is 17.6 Å². The van der Waals surface area contributed by atoms with Crippen LogP contribution in [0.3, 0.4) is 0 Å². The van der Waals surface area contributed by atoms with E-state index < -0.39 is 5.97 Å². The van der Waals surface area contributed by atoms with Crippen molar-refractivity contribution in [2.45, 2.75) is 19.4 Å². The molecule has 0 aliphatic carbocycles. The fraction of sp³-hybridized carbons (Fsp3) is 0.316. The van der Waals surface area contributed by atoms with Crippen molar-refractivity contribution in [3.05, 3.63) is 48.5 Å². The Balaban J connectivity index is 2.24. The fourth-order valence-electron chi connectivity index (χ4n) is 2.28. The van der Waals surface area contributed by atoms with Gasteiger partial charge in [-0.25, -0.2) is 9.78 Å². The molecular weight excluding hydrogens is 334 g/mol. The van der Waals surface area contributed by atoms with Gasteiger partial charge in [0.25, 0.3) is 0 Å². The summed E-state index contributed by atoms with van der Waals surface area (Å²) in [7, 11) is 5.17. The Morgan fingerprint density at radius 2 is 2.00 bits per heavy atom. The molecule has 1 aromatic heterocycles. The van der Waals surface area contributed by atoms with E-state index in [1.807, 2.05) is 43.3 Å². The van der Waals surface area contributed by atoms with Crippen LogP contribution in [0.5, 0.6) is 0 Å². The molecule has 0 unspecified atom stereocenters. The number of benzene rings is 1. The Morgan fingerprint density at radius 1 is 1.31 bits per heavy atom. The van der Waals surface area contributed by atoms with E-state index >= 15 is 0 Å². The molecule has 0 bridgehead atoms. The van der Waals surface area contributed by atoms with Gasteiger partial charge in [-0.05, 0) is 30.7 Å². The lowest BCUT2D eigenvalue weighted by Gasteiger charge is -2.12. The molecule has 0 radical (unpaired) electrons. The molecule has 2 aromatic rings. The van der Waals surface area contributed by atoms with Crippen LogP contribution in [0.15, 0.2) is 41.3 Å². The van der Waals surface area contributed by atoms with Crippen LogP contribution in [-0.2, 0) is 16.1 Å². The third kappa shape index (κ3) is 4.72. The molecule has 0 saturated carbocycles. The second-order valence-electron chi connectivity index (χ2n) is 5.82. The average Bonchev–Trinajstić information content (AvgIpc) is 3.08. The molecule has 1 heterocycles. The molecule has 1 aromatic carbocycles. The number of aromatic nitrogens is 1. The van der Waals surface area contributed by atoms with Crippen LogP contribution in [-0.4, -0.2) is 38.1 Å². The van der Waals surface area contributed by atoms with Crippen LogP contribution >= 0.6 is 0 Å². The van der Waals surface area contributed by atoms with Crippen molar-refractivity contribution in [3.63, 3.8) is 0 Å². The monoisotopic (exact) mass is 357 g/mol. The largest absolute Gasteiger partial charge is 0.464 e. The number of anilines is 1. The molecule has 0 aliphatic heterocycles. The number of esters is 1. The summed E-state index contributed by atoms with van der Waals surface area (Å²) in [4.78, 5) is 29.9. The lowest BCUT2D eigenvalue weighted by molar-refractivity contribution is -0.121. The Bertz CT molecular complexity index is 779. The number of carbonyl (C=O) groups is 2. The molecule has 0 spiro atoms. The molecular formula is C19H23N3O4. The van der Waals surface area contributed by atoms with Crippen molar-refractivity contribution in [2.24, 2.45) is 0 Å². The Kier molecular flexibility index (Phi) is 6.54. The molecule has 0 saturated heterocycles. The van der Waals surface area contributed by atoms with Crippen molar-refractivity contribution in [2.75, 3.05) is 26.1 Å². The summed E-state index contributed by atoms with van der Waals surface area (Å²) in [5, 5.41) is 2.71. The third-order valence-corrected chi connectivity index (χ3v) is 3.71. The quantitative estimate of drug-likeness (QED) is 0.578. The second-order valence-corrected chi connectivity index (χ2v) is 5.82. The van der Waals surface area contributed by atoms with Gasteiger partial charge in [0.15, 0.2) is 11.5 Å². The predicted molar refractivity (Wildman–Crippen MR) is 98.9 cm³/mol. The van der Waals surface area contributed by atoms with E-state index in [0.717, 1.165) is 5.69 Å². The zero-order valence-electron chi connectivity index (χ0n) is 15.2. The second kappa shape index (κ2) is 8.84. The maximum atomic E-state index is 12.0. The lowest BCUT2D eigenvalue weighted by atomic mass is 10.1. The molecule has 2 rings (SSSR count). The zero-order chi connectivity index (χ0) is 19.1. The first-order valence-electron chi connectivity index (χ1n) is 8.19. The minimum atomic E-state index is -0.593. The van der Waals surface area contributed by atoms with Gasteiger partial charge in [0.1, 0.15) is 0 Å². The van der Waals surface area contributed by atoms with Gasteiger partial charge in [-0.3, -0.25) is 4.79 Å². The van der Waals surface area contributed by atoms with E-state index in [1.165, 1.54) is 7.11 Å². The minimum Gasteiger partial charge on any atom is -0.464 e. The molecule has 7 nitrogen and oxygen atoms in total. The number of hydrogen-bond acceptors (Lipinski definition) is 6. The summed E-state index contributed by atoms with van der Waals surface area (Å²) in [5.74, 6) is -0.175. The van der Waals surface area contributed by atoms with Gasteiger partial charge in [-0.15, -0.1) is 6.58 Å². The number of amides is 1. The molecule has 138 valence electrons. The highest BCUT2D eigenvalue weighted by molar-refractivity contribution is 5.93. The number of carbonyl (C=O) groups excluding carboxylic acids is 2. The van der Waals surface area contributed by atoms with Crippen LogP contribution in [0.2, 0.25) is 0 Å². The number of nitrogens with zero attached hydrogens (tertiary/aromatic N) is 2. The van der Waals surface area contributed by atoms with Crippen LogP contribution in [0, 0.1) is 0 Å². The van der Waals surface area contributed by atoms with Gasteiger partial charge >= 0.3 is 5.97 Å². The molecule has 26 heavy (non-hydrogen) atoms. The first kappa shape index (κ1) is 19.2. The standard InChI is InChI=1S/C19H23N3O4/c1-5-6-7-15(23)20-12-16-21-17(19(24)25-4)18(26-16)13-8-10-14(11-9-13)22(2)3/h5,8-11H,1,6-7,12H2,2-4H3,(H,20,23). The van der Waals surface area contributed by atoms with Gasteiger partial charge in [0, 0.05) is 31.8 Å². The zero-order valence-corrected chi connectivity index (χ0v) is 15.2. The summed E-state index contributed by atoms with van der Waals surface area (Å²) < 4.78 is 10.5. The number of nitrogens with one attached hydrogen (secondary N) is 1. The highest BCUT2D eigenvalue weighted by Gasteiger charge is 2.22. The average molecular weight is 357 g/mol. The smallest absolute Gasteiger partial charge is 0.360 e. The van der Waals surface area contributed by atoms with E-state index in [4.69, 9.17) is 9.15 Å². The fourth-order valence-corrected chi connectivity index (χ4v) is 2.28. The van der Waals surface area contributed by atoms with E-state index in [-0.39, 0.29) is 24.0 Å². The Morgan fingerprint density at radius 3 is 2.58 bits per heavy atom. The SMILES string of the molecule is C=CCCC(=O)NCc1nc(C(=O)OC)c(-c2ccc(N(C)C)cc2)o1. The van der Waals surface area contributed by atoms with E-state index in [9.17, 15) is 9.59 Å². The van der Waals surface area contributed by atoms with Crippen molar-refractivity contribution in [1.29, 1.82) is 0 Å². The normalized spacial score (nSPS) is 10.3. The van der Waals surface area contributed by atoms with Crippen LogP contribution in [0.1, 0.15) is 29.2 Å². The van der Waals surface area contributed by atoms with Crippen molar-refractivity contribution < 1.29 is 18.7 Å². The predicted octanol–water partition coefficient (Wildman–Crippen LogP) is 2.78. The van der Waals surface area contributed by atoms with Gasteiger partial charge in [0.2, 0.25) is 11.8 Å². The molecule has 0 aliphatic rings. The van der Waals surface area contributed by atoms with Crippen LogP contribution in [0.4, 0.5) is 5.69 Å². The first-order chi connectivity index (χ1) is 12.5. The van der Waals surface area contributed by atoms with E-state index in [0.29, 0.717) is 24.2 Å². The summed E-state index contributed by atoms with van der Waals surface area (Å²) in [5.41, 5.74) is 1.80. The molecule has 0 atom stereocenters. The Hall–Kier alpha value is -3.09. The maximum absolute atomic E-state index is 12.0. The number of ether oxygens (including phenoxy) is 1. The third-order valence-electron chi connectivity index (χ3n) is 3.71. The van der Waals surface area contributed by atoms with Crippen LogP contribution < -0.4 is 10.2 Å². The summed E-state index contributed by atoms with van der Waals surface area (Å²) in [6.45, 7) is 3.67. The van der Waals surface area contributed by atoms with Crippen LogP contribution in [0.25, 0.3) is 11.3 Å². The van der Waals surface area contributed by atoms with Gasteiger partial charge in [-0.2, -0.15) is 0 Å². The summed E-state index contributed by atoms with van der Waals surface area (Å²) in [6.07, 6.45) is 2.61. The molecule has 7 heteroatoms. The molecule has 1 amide bonds. The lowest BCUT2D eigenvalue weighted by Crippen LogP contribution is -2.22. The highest BCUT2D eigenvalue weighted by atomic mass is 16.5. The van der Waals surface area contributed by atoms with Gasteiger partial charge in [-0.1, -0.05) is 6.08 Å². The minimum absolute atomic E-state index is 0.0837. The number of allylic oxidation sites excluding steroid dienone is 1. The summed E-state index contributed by atoms with van der Waals surface area (Å²) in [6, 6.07) is 7.51. The molecule has 0 fully saturated rings. The molecule has 1 N–H and O–H groups in total. The van der Waals surface area contributed by atoms with Gasteiger partial charge < -0.3 is 19.4 Å². The number of rotatable bonds is 8. The topological polar surface area (TPSA) is 84.7 Å². The first-order valence-corrected chi connectivity index (χ1v) is 8.19. The number of oxazole rings is 1. The Labute approximate surface area is 152 Å². The highest BCUT2D eigenvalue weighted by Crippen LogP contribution is 2.27. The van der Waals surface area contributed by atoms with Crippen molar-refractivity contribution in [1.82, 2.24) is 10.3 Å².